The highest BCUT2D eigenvalue weighted by molar-refractivity contribution is 5.72. The molecule has 0 radical (unpaired) electrons. The lowest BCUT2D eigenvalue weighted by atomic mass is 9.76. The molecule has 2 aliphatic heterocycles. The molecular weight excluding hydrogens is 226 g/mol. The zero-order valence-corrected chi connectivity index (χ0v) is 10.6. The number of nitrogens with zero attached hydrogens (tertiary/aromatic N) is 1. The third-order valence-electron chi connectivity index (χ3n) is 4.77. The molecule has 0 saturated carbocycles. The van der Waals surface area contributed by atoms with Crippen molar-refractivity contribution in [3.8, 4) is 0 Å². The number of benzene rings is 1. The largest absolute Gasteiger partial charge is 0.481 e. The summed E-state index contributed by atoms with van der Waals surface area (Å²) >= 11 is 0. The van der Waals surface area contributed by atoms with Gasteiger partial charge in [-0.2, -0.15) is 0 Å². The molecule has 2 heterocycles. The van der Waals surface area contributed by atoms with Crippen molar-refractivity contribution in [2.45, 2.75) is 37.3 Å². The standard InChI is InChI=1S/C15H19NO2/c1-16-11-7-8-13(16)14(12(9-11)15(17)18)10-5-3-2-4-6-10/h2-6,11-14H,7-9H2,1H3,(H,17,18)/t11-,12-,13+,14-/m1/s1. The number of aliphatic carboxylic acids is 1. The number of likely N-dealkylation sites (N-methyl/N-ethyl adjacent to an activating group) is 1. The molecule has 1 aromatic rings. The predicted octanol–water partition coefficient (Wildman–Crippen LogP) is 2.34. The molecule has 2 fully saturated rings. The van der Waals surface area contributed by atoms with Gasteiger partial charge in [0.25, 0.3) is 0 Å². The Hall–Kier alpha value is -1.35. The molecule has 1 N–H and O–H groups in total. The van der Waals surface area contributed by atoms with Crippen LogP contribution >= 0.6 is 0 Å². The number of carbonyl (C=O) groups is 1. The molecule has 96 valence electrons. The zero-order chi connectivity index (χ0) is 12.7. The Bertz CT molecular complexity index is 445. The van der Waals surface area contributed by atoms with Crippen molar-refractivity contribution in [1.29, 1.82) is 0 Å². The predicted molar refractivity (Wildman–Crippen MR) is 69.5 cm³/mol. The van der Waals surface area contributed by atoms with E-state index in [4.69, 9.17) is 0 Å². The van der Waals surface area contributed by atoms with Gasteiger partial charge in [-0.1, -0.05) is 30.3 Å². The molecule has 0 aromatic heterocycles. The fourth-order valence-corrected chi connectivity index (χ4v) is 3.85. The minimum absolute atomic E-state index is 0.146. The molecule has 3 heteroatoms. The van der Waals surface area contributed by atoms with Crippen molar-refractivity contribution in [1.82, 2.24) is 4.90 Å². The Morgan fingerprint density at radius 1 is 1.28 bits per heavy atom. The maximum absolute atomic E-state index is 11.5. The van der Waals surface area contributed by atoms with Crippen LogP contribution in [0.5, 0.6) is 0 Å². The molecule has 0 amide bonds. The number of hydrogen-bond donors (Lipinski definition) is 1. The monoisotopic (exact) mass is 245 g/mol. The van der Waals surface area contributed by atoms with Crippen LogP contribution in [-0.2, 0) is 4.79 Å². The average molecular weight is 245 g/mol. The van der Waals surface area contributed by atoms with E-state index in [2.05, 4.69) is 24.1 Å². The van der Waals surface area contributed by atoms with Crippen LogP contribution in [0.25, 0.3) is 0 Å². The summed E-state index contributed by atoms with van der Waals surface area (Å²) in [6, 6.07) is 11.0. The van der Waals surface area contributed by atoms with Gasteiger partial charge in [-0.05, 0) is 31.9 Å². The van der Waals surface area contributed by atoms with E-state index in [0.717, 1.165) is 19.3 Å². The van der Waals surface area contributed by atoms with E-state index >= 15 is 0 Å². The van der Waals surface area contributed by atoms with Crippen LogP contribution in [0.15, 0.2) is 30.3 Å². The normalized spacial score (nSPS) is 35.6. The van der Waals surface area contributed by atoms with Crippen molar-refractivity contribution in [2.24, 2.45) is 5.92 Å². The van der Waals surface area contributed by atoms with Crippen molar-refractivity contribution < 1.29 is 9.90 Å². The van der Waals surface area contributed by atoms with Gasteiger partial charge in [0.1, 0.15) is 0 Å². The quantitative estimate of drug-likeness (QED) is 0.869. The molecule has 18 heavy (non-hydrogen) atoms. The molecule has 2 aliphatic rings. The Kier molecular flexibility index (Phi) is 2.86. The first-order valence-corrected chi connectivity index (χ1v) is 6.68. The van der Waals surface area contributed by atoms with E-state index in [1.54, 1.807) is 0 Å². The molecule has 2 bridgehead atoms. The lowest BCUT2D eigenvalue weighted by Gasteiger charge is -2.41. The number of fused-ring (bicyclic) bond motifs is 2. The maximum atomic E-state index is 11.5. The van der Waals surface area contributed by atoms with Gasteiger partial charge in [0.2, 0.25) is 0 Å². The van der Waals surface area contributed by atoms with E-state index in [0.29, 0.717) is 12.1 Å². The number of carboxylic acids is 1. The molecule has 3 nitrogen and oxygen atoms in total. The van der Waals surface area contributed by atoms with Crippen molar-refractivity contribution in [2.75, 3.05) is 7.05 Å². The minimum atomic E-state index is -0.631. The second-order valence-electron chi connectivity index (χ2n) is 5.58. The highest BCUT2D eigenvalue weighted by atomic mass is 16.4. The van der Waals surface area contributed by atoms with Gasteiger partial charge in [-0.25, -0.2) is 0 Å². The highest BCUT2D eigenvalue weighted by Gasteiger charge is 2.48. The van der Waals surface area contributed by atoms with Crippen LogP contribution < -0.4 is 0 Å². The summed E-state index contributed by atoms with van der Waals surface area (Å²) in [5.74, 6) is -0.706. The maximum Gasteiger partial charge on any atom is 0.307 e. The fourth-order valence-electron chi connectivity index (χ4n) is 3.85. The summed E-state index contributed by atoms with van der Waals surface area (Å²) in [6.07, 6.45) is 3.07. The van der Waals surface area contributed by atoms with Gasteiger partial charge >= 0.3 is 5.97 Å². The van der Waals surface area contributed by atoms with Crippen LogP contribution in [0.2, 0.25) is 0 Å². The van der Waals surface area contributed by atoms with E-state index in [-0.39, 0.29) is 11.8 Å². The second-order valence-corrected chi connectivity index (χ2v) is 5.58. The lowest BCUT2D eigenvalue weighted by Crippen LogP contribution is -2.47. The van der Waals surface area contributed by atoms with Gasteiger partial charge < -0.3 is 5.11 Å². The summed E-state index contributed by atoms with van der Waals surface area (Å²) < 4.78 is 0. The van der Waals surface area contributed by atoms with Crippen LogP contribution in [-0.4, -0.2) is 35.1 Å². The van der Waals surface area contributed by atoms with Crippen LogP contribution in [0, 0.1) is 5.92 Å². The van der Waals surface area contributed by atoms with Gasteiger partial charge in [0.15, 0.2) is 0 Å². The first-order valence-electron chi connectivity index (χ1n) is 6.68. The van der Waals surface area contributed by atoms with Crippen LogP contribution in [0.3, 0.4) is 0 Å². The van der Waals surface area contributed by atoms with Gasteiger partial charge in [0, 0.05) is 18.0 Å². The Morgan fingerprint density at radius 3 is 2.67 bits per heavy atom. The highest BCUT2D eigenvalue weighted by Crippen LogP contribution is 2.46. The summed E-state index contributed by atoms with van der Waals surface area (Å²) in [5, 5.41) is 9.50. The molecule has 0 spiro atoms. The average Bonchev–Trinajstić information content (AvgIpc) is 2.63. The minimum Gasteiger partial charge on any atom is -0.481 e. The molecule has 4 atom stereocenters. The number of piperidine rings is 1. The zero-order valence-electron chi connectivity index (χ0n) is 10.6. The number of carboxylic acid groups (broad SMARTS) is 1. The Labute approximate surface area is 107 Å². The van der Waals surface area contributed by atoms with Crippen molar-refractivity contribution >= 4 is 5.97 Å². The topological polar surface area (TPSA) is 40.5 Å². The summed E-state index contributed by atoms with van der Waals surface area (Å²) in [4.78, 5) is 13.9. The van der Waals surface area contributed by atoms with Gasteiger partial charge in [-0.3, -0.25) is 9.69 Å². The third-order valence-corrected chi connectivity index (χ3v) is 4.77. The molecule has 1 aromatic carbocycles. The van der Waals surface area contributed by atoms with E-state index in [1.807, 2.05) is 18.2 Å². The Balaban J connectivity index is 1.99. The van der Waals surface area contributed by atoms with E-state index < -0.39 is 5.97 Å². The Morgan fingerprint density at radius 2 is 2.00 bits per heavy atom. The lowest BCUT2D eigenvalue weighted by molar-refractivity contribution is -0.145. The van der Waals surface area contributed by atoms with E-state index in [1.165, 1.54) is 5.56 Å². The SMILES string of the molecule is CN1[C@@H]2CC[C@H]1[C@H](c1ccccc1)[C@H](C(=O)O)C2. The summed E-state index contributed by atoms with van der Waals surface area (Å²) in [7, 11) is 2.15. The first kappa shape index (κ1) is 11.7. The fraction of sp³-hybridized carbons (Fsp3) is 0.533. The molecule has 2 saturated heterocycles. The molecule has 0 unspecified atom stereocenters. The molecular formula is C15H19NO2. The van der Waals surface area contributed by atoms with Crippen molar-refractivity contribution in [3.05, 3.63) is 35.9 Å². The van der Waals surface area contributed by atoms with Crippen LogP contribution in [0.1, 0.15) is 30.7 Å². The third kappa shape index (κ3) is 1.74. The first-order chi connectivity index (χ1) is 8.68. The van der Waals surface area contributed by atoms with Gasteiger partial charge in [0.05, 0.1) is 5.92 Å². The van der Waals surface area contributed by atoms with E-state index in [9.17, 15) is 9.90 Å². The van der Waals surface area contributed by atoms with Gasteiger partial charge in [-0.15, -0.1) is 0 Å². The smallest absolute Gasteiger partial charge is 0.307 e. The van der Waals surface area contributed by atoms with Crippen LogP contribution in [0.4, 0.5) is 0 Å². The number of hydrogen-bond acceptors (Lipinski definition) is 2. The number of rotatable bonds is 2. The summed E-state index contributed by atoms with van der Waals surface area (Å²) in [6.45, 7) is 0. The summed E-state index contributed by atoms with van der Waals surface area (Å²) in [5.41, 5.74) is 1.18. The molecule has 0 aliphatic carbocycles. The second kappa shape index (κ2) is 4.39. The molecule has 3 rings (SSSR count). The van der Waals surface area contributed by atoms with Crippen molar-refractivity contribution in [3.63, 3.8) is 0 Å².